The molecule has 1 atom stereocenters. The molecule has 1 unspecified atom stereocenters. The Morgan fingerprint density at radius 2 is 2.00 bits per heavy atom. The zero-order valence-electron chi connectivity index (χ0n) is 8.39. The smallest absolute Gasteiger partial charge is 0.336 e. The molecule has 0 radical (unpaired) electrons. The predicted octanol–water partition coefficient (Wildman–Crippen LogP) is 2.22. The molecule has 0 saturated heterocycles. The van der Waals surface area contributed by atoms with Gasteiger partial charge in [0.15, 0.2) is 0 Å². The van der Waals surface area contributed by atoms with E-state index in [1.54, 1.807) is 24.3 Å². The Bertz CT molecular complexity index is 369. The van der Waals surface area contributed by atoms with Crippen LogP contribution in [-0.4, -0.2) is 16.2 Å². The molecule has 2 rings (SSSR count). The first kappa shape index (κ1) is 10.2. The van der Waals surface area contributed by atoms with Gasteiger partial charge in [0.1, 0.15) is 0 Å². The molecular weight excluding hydrogens is 192 g/mol. The van der Waals surface area contributed by atoms with E-state index in [4.69, 9.17) is 5.11 Å². The van der Waals surface area contributed by atoms with Crippen molar-refractivity contribution in [1.82, 2.24) is 0 Å². The van der Waals surface area contributed by atoms with Crippen molar-refractivity contribution in [2.45, 2.75) is 25.4 Å². The van der Waals surface area contributed by atoms with E-state index in [2.05, 4.69) is 0 Å². The molecule has 0 spiro atoms. The molecule has 1 aromatic carbocycles. The molecule has 3 nitrogen and oxygen atoms in total. The van der Waals surface area contributed by atoms with Crippen LogP contribution in [0.5, 0.6) is 0 Å². The molecule has 15 heavy (non-hydrogen) atoms. The summed E-state index contributed by atoms with van der Waals surface area (Å²) in [6, 6.07) is 6.69. The van der Waals surface area contributed by atoms with Gasteiger partial charge < -0.3 is 10.2 Å². The molecule has 1 aromatic rings. The van der Waals surface area contributed by atoms with Gasteiger partial charge in [-0.1, -0.05) is 24.6 Å². The van der Waals surface area contributed by atoms with Crippen molar-refractivity contribution in [2.24, 2.45) is 5.92 Å². The molecular formula is C12H14O3. The Morgan fingerprint density at radius 1 is 1.33 bits per heavy atom. The lowest BCUT2D eigenvalue weighted by Crippen LogP contribution is -2.21. The van der Waals surface area contributed by atoms with Gasteiger partial charge in [-0.25, -0.2) is 4.79 Å². The quantitative estimate of drug-likeness (QED) is 0.797. The third kappa shape index (κ3) is 1.88. The van der Waals surface area contributed by atoms with Crippen LogP contribution in [0.2, 0.25) is 0 Å². The van der Waals surface area contributed by atoms with E-state index >= 15 is 0 Å². The summed E-state index contributed by atoms with van der Waals surface area (Å²) < 4.78 is 0. The highest BCUT2D eigenvalue weighted by Gasteiger charge is 2.29. The summed E-state index contributed by atoms with van der Waals surface area (Å²) in [7, 11) is 0. The lowest BCUT2D eigenvalue weighted by molar-refractivity contribution is 0.0566. The summed E-state index contributed by atoms with van der Waals surface area (Å²) in [5.41, 5.74) is 0.770. The maximum Gasteiger partial charge on any atom is 0.336 e. The summed E-state index contributed by atoms with van der Waals surface area (Å²) in [5, 5.41) is 19.0. The number of carboxylic acids is 1. The van der Waals surface area contributed by atoms with Crippen molar-refractivity contribution in [2.75, 3.05) is 0 Å². The van der Waals surface area contributed by atoms with Gasteiger partial charge in [0.25, 0.3) is 0 Å². The summed E-state index contributed by atoms with van der Waals surface area (Å²) >= 11 is 0. The number of benzene rings is 1. The lowest BCUT2D eigenvalue weighted by Gasteiger charge is -2.31. The van der Waals surface area contributed by atoms with Gasteiger partial charge in [-0.15, -0.1) is 0 Å². The zero-order chi connectivity index (χ0) is 10.8. The van der Waals surface area contributed by atoms with Gasteiger partial charge in [0.05, 0.1) is 11.7 Å². The molecule has 2 N–H and O–H groups in total. The van der Waals surface area contributed by atoms with E-state index in [1.807, 2.05) is 0 Å². The fourth-order valence-corrected chi connectivity index (χ4v) is 1.96. The van der Waals surface area contributed by atoms with Gasteiger partial charge in [-0.3, -0.25) is 0 Å². The van der Waals surface area contributed by atoms with Gasteiger partial charge in [0, 0.05) is 0 Å². The number of hydrogen-bond donors (Lipinski definition) is 2. The van der Waals surface area contributed by atoms with Crippen molar-refractivity contribution in [1.29, 1.82) is 0 Å². The number of aliphatic hydroxyl groups excluding tert-OH is 1. The van der Waals surface area contributed by atoms with E-state index in [1.165, 1.54) is 0 Å². The van der Waals surface area contributed by atoms with Crippen molar-refractivity contribution >= 4 is 5.97 Å². The molecule has 0 heterocycles. The second-order valence-electron chi connectivity index (χ2n) is 4.03. The highest BCUT2D eigenvalue weighted by atomic mass is 16.4. The maximum atomic E-state index is 10.9. The Morgan fingerprint density at radius 3 is 2.53 bits per heavy atom. The topological polar surface area (TPSA) is 57.5 Å². The standard InChI is InChI=1S/C12H14O3/c13-11(8-4-3-5-8)9-6-1-2-7-10(9)12(14)15/h1-2,6-8,11,13H,3-5H2,(H,14,15). The summed E-state index contributed by atoms with van der Waals surface area (Å²) in [6.07, 6.45) is 2.51. The Hall–Kier alpha value is -1.35. The average molecular weight is 206 g/mol. The van der Waals surface area contributed by atoms with Crippen LogP contribution in [0.25, 0.3) is 0 Å². The van der Waals surface area contributed by atoms with Crippen molar-refractivity contribution < 1.29 is 15.0 Å². The maximum absolute atomic E-state index is 10.9. The van der Waals surface area contributed by atoms with Crippen LogP contribution < -0.4 is 0 Å². The molecule has 0 bridgehead atoms. The highest BCUT2D eigenvalue weighted by molar-refractivity contribution is 5.89. The van der Waals surface area contributed by atoms with E-state index in [0.29, 0.717) is 5.56 Å². The summed E-state index contributed by atoms with van der Waals surface area (Å²) in [6.45, 7) is 0. The lowest BCUT2D eigenvalue weighted by atomic mass is 9.78. The third-order valence-corrected chi connectivity index (χ3v) is 3.11. The van der Waals surface area contributed by atoms with Crippen LogP contribution in [0, 0.1) is 5.92 Å². The van der Waals surface area contributed by atoms with Crippen LogP contribution in [0.4, 0.5) is 0 Å². The molecule has 1 saturated carbocycles. The first-order valence-electron chi connectivity index (χ1n) is 5.20. The normalized spacial score (nSPS) is 18.2. The Kier molecular flexibility index (Phi) is 2.73. The predicted molar refractivity (Wildman–Crippen MR) is 55.7 cm³/mol. The number of carbonyl (C=O) groups is 1. The Labute approximate surface area is 88.4 Å². The number of rotatable bonds is 3. The SMILES string of the molecule is O=C(O)c1ccccc1C(O)C1CCC1. The van der Waals surface area contributed by atoms with E-state index in [0.717, 1.165) is 19.3 Å². The van der Waals surface area contributed by atoms with E-state index in [9.17, 15) is 9.90 Å². The van der Waals surface area contributed by atoms with Crippen LogP contribution in [0.3, 0.4) is 0 Å². The third-order valence-electron chi connectivity index (χ3n) is 3.11. The van der Waals surface area contributed by atoms with Crippen LogP contribution in [0.1, 0.15) is 41.3 Å². The minimum Gasteiger partial charge on any atom is -0.478 e. The van der Waals surface area contributed by atoms with E-state index < -0.39 is 12.1 Å². The zero-order valence-corrected chi connectivity index (χ0v) is 8.39. The molecule has 3 heteroatoms. The first-order chi connectivity index (χ1) is 7.20. The average Bonchev–Trinajstić information content (AvgIpc) is 2.15. The van der Waals surface area contributed by atoms with Crippen LogP contribution >= 0.6 is 0 Å². The van der Waals surface area contributed by atoms with Crippen LogP contribution in [0.15, 0.2) is 24.3 Å². The molecule has 0 aliphatic heterocycles. The fraction of sp³-hybridized carbons (Fsp3) is 0.417. The van der Waals surface area contributed by atoms with Crippen molar-refractivity contribution in [3.8, 4) is 0 Å². The van der Waals surface area contributed by atoms with E-state index in [-0.39, 0.29) is 11.5 Å². The summed E-state index contributed by atoms with van der Waals surface area (Å²) in [5.74, 6) is -0.727. The molecule has 80 valence electrons. The van der Waals surface area contributed by atoms with Crippen molar-refractivity contribution in [3.63, 3.8) is 0 Å². The minimum absolute atomic E-state index is 0.219. The molecule has 1 fully saturated rings. The highest BCUT2D eigenvalue weighted by Crippen LogP contribution is 2.38. The number of carboxylic acid groups (broad SMARTS) is 1. The molecule has 1 aliphatic carbocycles. The molecule has 0 amide bonds. The number of aliphatic hydroxyl groups is 1. The van der Waals surface area contributed by atoms with Gasteiger partial charge in [-0.2, -0.15) is 0 Å². The summed E-state index contributed by atoms with van der Waals surface area (Å²) in [4.78, 5) is 10.9. The second kappa shape index (κ2) is 4.03. The molecule has 1 aliphatic rings. The Balaban J connectivity index is 2.29. The fourth-order valence-electron chi connectivity index (χ4n) is 1.96. The van der Waals surface area contributed by atoms with Gasteiger partial charge >= 0.3 is 5.97 Å². The minimum atomic E-state index is -0.969. The largest absolute Gasteiger partial charge is 0.478 e. The second-order valence-corrected chi connectivity index (χ2v) is 4.03. The monoisotopic (exact) mass is 206 g/mol. The van der Waals surface area contributed by atoms with Gasteiger partial charge in [-0.05, 0) is 30.4 Å². The van der Waals surface area contributed by atoms with Crippen LogP contribution in [-0.2, 0) is 0 Å². The number of aromatic carboxylic acids is 1. The van der Waals surface area contributed by atoms with Gasteiger partial charge in [0.2, 0.25) is 0 Å². The number of hydrogen-bond acceptors (Lipinski definition) is 2. The van der Waals surface area contributed by atoms with Crippen molar-refractivity contribution in [3.05, 3.63) is 35.4 Å². The molecule has 0 aromatic heterocycles. The first-order valence-corrected chi connectivity index (χ1v) is 5.20.